The quantitative estimate of drug-likeness (QED) is 0.898. The van der Waals surface area contributed by atoms with Gasteiger partial charge >= 0.3 is 0 Å². The van der Waals surface area contributed by atoms with Crippen LogP contribution in [0, 0.1) is 0 Å². The number of hydrogen-bond acceptors (Lipinski definition) is 3. The van der Waals surface area contributed by atoms with E-state index in [0.717, 1.165) is 12.8 Å². The monoisotopic (exact) mass is 274 g/mol. The van der Waals surface area contributed by atoms with Gasteiger partial charge in [-0.25, -0.2) is 0 Å². The summed E-state index contributed by atoms with van der Waals surface area (Å²) >= 11 is 0. The van der Waals surface area contributed by atoms with Crippen molar-refractivity contribution in [3.05, 3.63) is 29.3 Å². The lowest BCUT2D eigenvalue weighted by Gasteiger charge is -2.35. The van der Waals surface area contributed by atoms with Crippen molar-refractivity contribution in [2.45, 2.75) is 44.7 Å². The Labute approximate surface area is 122 Å². The van der Waals surface area contributed by atoms with Crippen LogP contribution in [0.1, 0.15) is 43.4 Å². The van der Waals surface area contributed by atoms with Crippen molar-refractivity contribution < 1.29 is 5.11 Å². The smallest absolute Gasteiger partial charge is 0.119 e. The van der Waals surface area contributed by atoms with Crippen LogP contribution in [0.3, 0.4) is 0 Å². The number of phenolic OH excluding ortho intramolecular Hbond substituents is 1. The van der Waals surface area contributed by atoms with Gasteiger partial charge < -0.3 is 10.0 Å². The van der Waals surface area contributed by atoms with Crippen LogP contribution in [0.25, 0.3) is 0 Å². The van der Waals surface area contributed by atoms with E-state index in [2.05, 4.69) is 29.8 Å². The summed E-state index contributed by atoms with van der Waals surface area (Å²) in [5.74, 6) is 0.491. The van der Waals surface area contributed by atoms with Gasteiger partial charge in [0.2, 0.25) is 0 Å². The van der Waals surface area contributed by atoms with Crippen molar-refractivity contribution in [3.63, 3.8) is 0 Å². The van der Waals surface area contributed by atoms with Gasteiger partial charge in [0.05, 0.1) is 0 Å². The molecule has 2 atom stereocenters. The summed E-state index contributed by atoms with van der Waals surface area (Å²) in [5, 5.41) is 10.0. The Hall–Kier alpha value is -1.06. The van der Waals surface area contributed by atoms with Crippen LogP contribution in [-0.4, -0.2) is 47.6 Å². The second-order valence-electron chi connectivity index (χ2n) is 6.32. The van der Waals surface area contributed by atoms with Crippen molar-refractivity contribution in [1.29, 1.82) is 0 Å². The molecule has 1 aliphatic carbocycles. The fourth-order valence-corrected chi connectivity index (χ4v) is 3.99. The molecule has 0 spiro atoms. The van der Waals surface area contributed by atoms with Gasteiger partial charge in [-0.2, -0.15) is 0 Å². The molecule has 1 saturated heterocycles. The Balaban J connectivity index is 1.88. The average molecular weight is 274 g/mol. The second kappa shape index (κ2) is 5.74. The number of rotatable bonds is 2. The average Bonchev–Trinajstić information content (AvgIpc) is 2.78. The Morgan fingerprint density at radius 3 is 2.95 bits per heavy atom. The standard InChI is InChI=1S/C17H26N2O/c1-3-13-12-18(2)10-5-11-19(13)16-9-8-15-14(16)6-4-7-17(15)20/h4,6-7,13,16,20H,3,5,8-12H2,1-2H3. The summed E-state index contributed by atoms with van der Waals surface area (Å²) in [6, 6.07) is 7.19. The molecule has 0 amide bonds. The van der Waals surface area contributed by atoms with Gasteiger partial charge in [-0.05, 0) is 56.5 Å². The van der Waals surface area contributed by atoms with E-state index in [0.29, 0.717) is 17.8 Å². The van der Waals surface area contributed by atoms with Crippen LogP contribution in [-0.2, 0) is 6.42 Å². The molecule has 20 heavy (non-hydrogen) atoms. The van der Waals surface area contributed by atoms with Crippen molar-refractivity contribution in [3.8, 4) is 5.75 Å². The number of likely N-dealkylation sites (N-methyl/N-ethyl adjacent to an activating group) is 1. The highest BCUT2D eigenvalue weighted by Crippen LogP contribution is 2.41. The van der Waals surface area contributed by atoms with Crippen molar-refractivity contribution in [2.75, 3.05) is 26.7 Å². The normalized spacial score (nSPS) is 28.3. The number of fused-ring (bicyclic) bond motifs is 1. The SMILES string of the molecule is CCC1CN(C)CCCN1C1CCc2c(O)cccc21. The first-order chi connectivity index (χ1) is 9.70. The maximum atomic E-state index is 10.0. The molecule has 0 radical (unpaired) electrons. The fraction of sp³-hybridized carbons (Fsp3) is 0.647. The Morgan fingerprint density at radius 2 is 2.15 bits per heavy atom. The lowest BCUT2D eigenvalue weighted by molar-refractivity contribution is 0.127. The lowest BCUT2D eigenvalue weighted by atomic mass is 10.0. The van der Waals surface area contributed by atoms with E-state index >= 15 is 0 Å². The Kier molecular flexibility index (Phi) is 3.99. The number of aromatic hydroxyl groups is 1. The van der Waals surface area contributed by atoms with Crippen LogP contribution in [0.15, 0.2) is 18.2 Å². The molecular weight excluding hydrogens is 248 g/mol. The molecule has 0 bridgehead atoms. The molecule has 1 N–H and O–H groups in total. The minimum Gasteiger partial charge on any atom is -0.508 e. The van der Waals surface area contributed by atoms with Crippen LogP contribution in [0.4, 0.5) is 0 Å². The highest BCUT2D eigenvalue weighted by Gasteiger charge is 2.34. The van der Waals surface area contributed by atoms with E-state index in [1.807, 2.05) is 12.1 Å². The predicted octanol–water partition coefficient (Wildman–Crippen LogP) is 2.80. The van der Waals surface area contributed by atoms with E-state index < -0.39 is 0 Å². The maximum Gasteiger partial charge on any atom is 0.119 e. The van der Waals surface area contributed by atoms with E-state index in [1.165, 1.54) is 43.6 Å². The number of phenols is 1. The zero-order valence-corrected chi connectivity index (χ0v) is 12.7. The highest BCUT2D eigenvalue weighted by atomic mass is 16.3. The first-order valence-electron chi connectivity index (χ1n) is 7.95. The molecule has 3 rings (SSSR count). The number of benzene rings is 1. The van der Waals surface area contributed by atoms with Crippen LogP contribution in [0.5, 0.6) is 5.75 Å². The minimum atomic E-state index is 0.491. The van der Waals surface area contributed by atoms with Crippen molar-refractivity contribution in [2.24, 2.45) is 0 Å². The molecular formula is C17H26N2O. The minimum absolute atomic E-state index is 0.491. The molecule has 0 saturated carbocycles. The summed E-state index contributed by atoms with van der Waals surface area (Å²) in [6.45, 7) is 5.85. The van der Waals surface area contributed by atoms with Crippen LogP contribution < -0.4 is 0 Å². The zero-order chi connectivity index (χ0) is 14.1. The van der Waals surface area contributed by atoms with E-state index in [4.69, 9.17) is 0 Å². The molecule has 0 aromatic heterocycles. The summed E-state index contributed by atoms with van der Waals surface area (Å²) in [4.78, 5) is 5.17. The first-order valence-corrected chi connectivity index (χ1v) is 7.95. The molecule has 1 aromatic rings. The molecule has 1 heterocycles. The van der Waals surface area contributed by atoms with Crippen LogP contribution >= 0.6 is 0 Å². The molecule has 3 heteroatoms. The highest BCUT2D eigenvalue weighted by molar-refractivity contribution is 5.44. The van der Waals surface area contributed by atoms with Gasteiger partial charge in [0.15, 0.2) is 0 Å². The summed E-state index contributed by atoms with van der Waals surface area (Å²) < 4.78 is 0. The fourth-order valence-electron chi connectivity index (χ4n) is 3.99. The summed E-state index contributed by atoms with van der Waals surface area (Å²) in [6.07, 6.45) is 4.63. The van der Waals surface area contributed by atoms with Gasteiger partial charge in [-0.3, -0.25) is 4.90 Å². The molecule has 1 aromatic carbocycles. The van der Waals surface area contributed by atoms with Crippen molar-refractivity contribution in [1.82, 2.24) is 9.80 Å². The van der Waals surface area contributed by atoms with Gasteiger partial charge in [-0.15, -0.1) is 0 Å². The number of nitrogens with zero attached hydrogens (tertiary/aromatic N) is 2. The van der Waals surface area contributed by atoms with Gasteiger partial charge in [-0.1, -0.05) is 19.1 Å². The molecule has 1 fully saturated rings. The molecule has 3 nitrogen and oxygen atoms in total. The first kappa shape index (κ1) is 13.9. The second-order valence-corrected chi connectivity index (χ2v) is 6.32. The Bertz CT molecular complexity index is 474. The largest absolute Gasteiger partial charge is 0.508 e. The Morgan fingerprint density at radius 1 is 1.30 bits per heavy atom. The molecule has 1 aliphatic heterocycles. The van der Waals surface area contributed by atoms with Crippen LogP contribution in [0.2, 0.25) is 0 Å². The maximum absolute atomic E-state index is 10.0. The third-order valence-corrected chi connectivity index (χ3v) is 5.03. The van der Waals surface area contributed by atoms with E-state index in [1.54, 1.807) is 0 Å². The lowest BCUT2D eigenvalue weighted by Crippen LogP contribution is -2.41. The third kappa shape index (κ3) is 2.45. The van der Waals surface area contributed by atoms with E-state index in [9.17, 15) is 5.11 Å². The topological polar surface area (TPSA) is 26.7 Å². The molecule has 2 unspecified atom stereocenters. The molecule has 110 valence electrons. The molecule has 2 aliphatic rings. The summed E-state index contributed by atoms with van der Waals surface area (Å²) in [5.41, 5.74) is 2.55. The zero-order valence-electron chi connectivity index (χ0n) is 12.7. The van der Waals surface area contributed by atoms with Crippen molar-refractivity contribution >= 4 is 0 Å². The third-order valence-electron chi connectivity index (χ3n) is 5.03. The van der Waals surface area contributed by atoms with E-state index in [-0.39, 0.29) is 0 Å². The number of hydrogen-bond donors (Lipinski definition) is 1. The van der Waals surface area contributed by atoms with Gasteiger partial charge in [0.25, 0.3) is 0 Å². The van der Waals surface area contributed by atoms with Gasteiger partial charge in [0, 0.05) is 25.2 Å². The van der Waals surface area contributed by atoms with Gasteiger partial charge in [0.1, 0.15) is 5.75 Å². The predicted molar refractivity (Wildman–Crippen MR) is 82.1 cm³/mol. The summed E-state index contributed by atoms with van der Waals surface area (Å²) in [7, 11) is 2.24.